The second-order valence-electron chi connectivity index (χ2n) is 4.70. The molecule has 0 aromatic heterocycles. The summed E-state index contributed by atoms with van der Waals surface area (Å²) >= 11 is 0.310. The van der Waals surface area contributed by atoms with Crippen molar-refractivity contribution in [1.82, 2.24) is 10.0 Å². The van der Waals surface area contributed by atoms with Gasteiger partial charge in [-0.3, -0.25) is 28.9 Å². The predicted octanol–water partition coefficient (Wildman–Crippen LogP) is 3.87. The highest BCUT2D eigenvalue weighted by molar-refractivity contribution is 8.54. The summed E-state index contributed by atoms with van der Waals surface area (Å²) in [6.45, 7) is 21.9. The zero-order valence-electron chi connectivity index (χ0n) is 19.7. The topological polar surface area (TPSA) is 178 Å². The van der Waals surface area contributed by atoms with Gasteiger partial charge in [-0.25, -0.2) is 4.72 Å². The molecule has 182 valence electrons. The van der Waals surface area contributed by atoms with Crippen LogP contribution < -0.4 is 15.8 Å². The van der Waals surface area contributed by atoms with E-state index in [-0.39, 0.29) is 11.6 Å². The van der Waals surface area contributed by atoms with Gasteiger partial charge in [0, 0.05) is 12.8 Å². The van der Waals surface area contributed by atoms with Crippen LogP contribution in [0.15, 0.2) is 29.8 Å². The number of aliphatic imine (C=N–C) groups is 1. The lowest BCUT2D eigenvalue weighted by molar-refractivity contribution is -0.124. The Kier molecular flexibility index (Phi) is 24.7. The second kappa shape index (κ2) is 21.1. The van der Waals surface area contributed by atoms with Crippen LogP contribution in [0.3, 0.4) is 0 Å². The maximum absolute atomic E-state index is 12.3. The normalized spacial score (nSPS) is 12.4. The number of amides is 3. The Morgan fingerprint density at radius 2 is 1.65 bits per heavy atom. The van der Waals surface area contributed by atoms with Gasteiger partial charge in [0.2, 0.25) is 16.7 Å². The zero-order valence-corrected chi connectivity index (χ0v) is 21.3. The van der Waals surface area contributed by atoms with Crippen LogP contribution in [0, 0.1) is 11.3 Å². The molecule has 1 unspecified atom stereocenters. The van der Waals surface area contributed by atoms with Crippen LogP contribution in [0.25, 0.3) is 0 Å². The molecule has 31 heavy (non-hydrogen) atoms. The fourth-order valence-corrected chi connectivity index (χ4v) is 3.21. The van der Waals surface area contributed by atoms with E-state index in [1.807, 2.05) is 46.3 Å². The number of allylic oxidation sites excluding steroid dienone is 1. The first-order chi connectivity index (χ1) is 14.5. The van der Waals surface area contributed by atoms with Gasteiger partial charge >= 0.3 is 0 Å². The number of nitrogens with one attached hydrogen (secondary N) is 3. The SMILES string of the molecule is C=CC(=C)[C@H](C)C(NC=O)C(=O)NS(O)(O)C(=N)SC(N)=NC(C)=O.CC.CC.CC. The highest BCUT2D eigenvalue weighted by Crippen LogP contribution is 2.40. The van der Waals surface area contributed by atoms with Crippen molar-refractivity contribution in [2.45, 2.75) is 61.4 Å². The molecule has 3 amide bonds. The van der Waals surface area contributed by atoms with E-state index >= 15 is 0 Å². The molecule has 0 spiro atoms. The third kappa shape index (κ3) is 16.2. The van der Waals surface area contributed by atoms with Gasteiger partial charge in [-0.15, -0.1) is 0 Å². The van der Waals surface area contributed by atoms with E-state index in [4.69, 9.17) is 11.1 Å². The van der Waals surface area contributed by atoms with Crippen LogP contribution >= 0.6 is 22.5 Å². The molecule has 0 saturated heterocycles. The van der Waals surface area contributed by atoms with E-state index in [1.54, 1.807) is 6.92 Å². The Morgan fingerprint density at radius 1 is 1.19 bits per heavy atom. The maximum Gasteiger partial charge on any atom is 0.261 e. The average Bonchev–Trinajstić information content (AvgIpc) is 2.74. The molecule has 0 radical (unpaired) electrons. The van der Waals surface area contributed by atoms with Crippen molar-refractivity contribution in [2.75, 3.05) is 0 Å². The van der Waals surface area contributed by atoms with Gasteiger partial charge in [-0.1, -0.05) is 84.0 Å². The Labute approximate surface area is 192 Å². The minimum absolute atomic E-state index is 0.278. The number of nitrogens with zero attached hydrogens (tertiary/aromatic N) is 1. The standard InChI is InChI=1S/C13H21N5O5S2.3C2H6/c1-5-7(2)8(3)10(16-6-19)11(21)18-25(22,23)13(15)24-12(14)17-9(4)20;3*1-2/h5-6,8,10,15,22-23H,1-2H2,3-4H3,(H,16,19)(H,18,21)(H2,14,17,20);3*1-2H3/t8-,10?;;;/m0.../s1. The van der Waals surface area contributed by atoms with Crippen molar-refractivity contribution in [3.8, 4) is 0 Å². The molecule has 2 atom stereocenters. The molecule has 0 heterocycles. The van der Waals surface area contributed by atoms with Crippen molar-refractivity contribution in [2.24, 2.45) is 16.6 Å². The smallest absolute Gasteiger partial charge is 0.261 e. The molecule has 0 aliphatic carbocycles. The van der Waals surface area contributed by atoms with E-state index in [1.165, 1.54) is 6.08 Å². The van der Waals surface area contributed by atoms with Gasteiger partial charge in [0.25, 0.3) is 5.91 Å². The number of carbonyl (C=O) groups is 3. The Morgan fingerprint density at radius 3 is 2.00 bits per heavy atom. The van der Waals surface area contributed by atoms with Crippen molar-refractivity contribution in [3.05, 3.63) is 24.8 Å². The molecular formula is C19H39N5O5S2. The molecule has 7 N–H and O–H groups in total. The van der Waals surface area contributed by atoms with Gasteiger partial charge in [0.05, 0.1) is 0 Å². The first-order valence-corrected chi connectivity index (χ1v) is 12.0. The first-order valence-electron chi connectivity index (χ1n) is 9.68. The van der Waals surface area contributed by atoms with Gasteiger partial charge in [0.15, 0.2) is 5.17 Å². The Bertz CT molecular complexity index is 625. The minimum atomic E-state index is -4.06. The summed E-state index contributed by atoms with van der Waals surface area (Å²) < 4.78 is 20.9. The summed E-state index contributed by atoms with van der Waals surface area (Å²) in [6, 6.07) is -1.17. The number of amidine groups is 1. The Hall–Kier alpha value is -2.15. The highest BCUT2D eigenvalue weighted by atomic mass is 32.3. The fourth-order valence-electron chi connectivity index (χ4n) is 1.50. The average molecular weight is 482 g/mol. The van der Waals surface area contributed by atoms with Crippen LogP contribution in [-0.2, 0) is 14.4 Å². The van der Waals surface area contributed by atoms with Gasteiger partial charge in [0.1, 0.15) is 6.04 Å². The summed E-state index contributed by atoms with van der Waals surface area (Å²) in [5.41, 5.74) is 5.80. The van der Waals surface area contributed by atoms with Crippen LogP contribution in [0.1, 0.15) is 55.4 Å². The third-order valence-corrected chi connectivity index (χ3v) is 5.28. The summed E-state index contributed by atoms with van der Waals surface area (Å²) in [5, 5.41) is 9.48. The quantitative estimate of drug-likeness (QED) is 0.144. The number of nitrogens with two attached hydrogens (primary N) is 1. The van der Waals surface area contributed by atoms with E-state index < -0.39 is 38.9 Å². The molecule has 0 fully saturated rings. The molecule has 0 aromatic carbocycles. The molecule has 0 saturated carbocycles. The van der Waals surface area contributed by atoms with Gasteiger partial charge in [-0.2, -0.15) is 4.99 Å². The zero-order chi connectivity index (χ0) is 25.8. The lowest BCUT2D eigenvalue weighted by Crippen LogP contribution is -2.49. The number of hydrogen-bond donors (Lipinski definition) is 6. The van der Waals surface area contributed by atoms with Gasteiger partial charge in [-0.05, 0) is 11.8 Å². The summed E-state index contributed by atoms with van der Waals surface area (Å²) in [6.07, 6.45) is 1.67. The third-order valence-electron chi connectivity index (χ3n) is 2.84. The molecule has 0 aliphatic rings. The lowest BCUT2D eigenvalue weighted by Gasteiger charge is -2.34. The van der Waals surface area contributed by atoms with Gasteiger partial charge < -0.3 is 11.1 Å². The Balaban J connectivity index is -0.000000554. The minimum Gasteiger partial charge on any atom is -0.378 e. The summed E-state index contributed by atoms with van der Waals surface area (Å²) in [7, 11) is -4.06. The lowest BCUT2D eigenvalue weighted by atomic mass is 9.94. The van der Waals surface area contributed by atoms with E-state index in [2.05, 4.69) is 23.5 Å². The monoisotopic (exact) mass is 481 g/mol. The summed E-state index contributed by atoms with van der Waals surface area (Å²) in [4.78, 5) is 37.1. The molecular weight excluding hydrogens is 442 g/mol. The van der Waals surface area contributed by atoms with Crippen LogP contribution in [0.2, 0.25) is 0 Å². The van der Waals surface area contributed by atoms with Crippen molar-refractivity contribution < 1.29 is 23.5 Å². The van der Waals surface area contributed by atoms with Crippen molar-refractivity contribution >= 4 is 50.3 Å². The van der Waals surface area contributed by atoms with E-state index in [0.29, 0.717) is 17.3 Å². The largest absolute Gasteiger partial charge is 0.378 e. The van der Waals surface area contributed by atoms with Crippen LogP contribution in [-0.4, -0.2) is 42.9 Å². The molecule has 0 aliphatic heterocycles. The maximum atomic E-state index is 12.3. The molecule has 0 rings (SSSR count). The molecule has 10 nitrogen and oxygen atoms in total. The van der Waals surface area contributed by atoms with Crippen molar-refractivity contribution in [1.29, 1.82) is 5.41 Å². The fraction of sp³-hybridized carbons (Fsp3) is 0.526. The van der Waals surface area contributed by atoms with Crippen LogP contribution in [0.4, 0.5) is 0 Å². The molecule has 0 bridgehead atoms. The van der Waals surface area contributed by atoms with E-state index in [0.717, 1.165) is 6.92 Å². The predicted molar refractivity (Wildman–Crippen MR) is 134 cm³/mol. The molecule has 0 aromatic rings. The summed E-state index contributed by atoms with van der Waals surface area (Å²) in [5.74, 6) is -2.18. The number of thioether (sulfide) groups is 1. The highest BCUT2D eigenvalue weighted by Gasteiger charge is 2.31. The number of hydrogen-bond acceptors (Lipinski definition) is 7. The first kappa shape index (κ1) is 36.2. The van der Waals surface area contributed by atoms with Crippen molar-refractivity contribution in [3.63, 3.8) is 0 Å². The second-order valence-corrected chi connectivity index (χ2v) is 7.70. The number of carbonyl (C=O) groups excluding carboxylic acids is 3. The van der Waals surface area contributed by atoms with E-state index in [9.17, 15) is 23.5 Å². The number of rotatable bonds is 6. The molecule has 12 heteroatoms. The van der Waals surface area contributed by atoms with Crippen LogP contribution in [0.5, 0.6) is 0 Å².